The monoisotopic (exact) mass is 470 g/mol. The highest BCUT2D eigenvalue weighted by Crippen LogP contribution is 2.20. The van der Waals surface area contributed by atoms with E-state index in [1.165, 1.54) is 30.2 Å². The first-order chi connectivity index (χ1) is 15.8. The van der Waals surface area contributed by atoms with Gasteiger partial charge in [-0.1, -0.05) is 24.3 Å². The minimum Gasteiger partial charge on any atom is -0.497 e. The molecule has 2 rings (SSSR count). The van der Waals surface area contributed by atoms with Gasteiger partial charge in [0.25, 0.3) is 15.9 Å². The van der Waals surface area contributed by atoms with Crippen molar-refractivity contribution in [1.82, 2.24) is 4.90 Å². The van der Waals surface area contributed by atoms with Crippen LogP contribution in [0.1, 0.15) is 5.56 Å². The van der Waals surface area contributed by atoms with E-state index >= 15 is 0 Å². The van der Waals surface area contributed by atoms with Crippen LogP contribution in [-0.2, 0) is 24.3 Å². The summed E-state index contributed by atoms with van der Waals surface area (Å²) in [4.78, 5) is 25.5. The lowest BCUT2D eigenvalue weighted by Gasteiger charge is -2.18. The fraction of sp³-hybridized carbons (Fsp3) is 0.167. The smallest absolute Gasteiger partial charge is 0.331 e. The Labute approximate surface area is 193 Å². The van der Waals surface area contributed by atoms with E-state index < -0.39 is 22.6 Å². The van der Waals surface area contributed by atoms with Gasteiger partial charge in [0.1, 0.15) is 5.75 Å². The number of ether oxygens (including phenoxy) is 2. The van der Waals surface area contributed by atoms with Gasteiger partial charge in [-0.25, -0.2) is 13.2 Å². The van der Waals surface area contributed by atoms with E-state index in [2.05, 4.69) is 17.9 Å². The SMILES string of the molecule is C=CCN(CC=C)C(=O)COC(=O)/C=C/c1ccc(S(=O)(=O)Nc2ccc(OC)cc2)cc1. The number of rotatable bonds is 12. The molecule has 0 radical (unpaired) electrons. The van der Waals surface area contributed by atoms with Gasteiger partial charge >= 0.3 is 5.97 Å². The molecule has 0 aliphatic heterocycles. The van der Waals surface area contributed by atoms with Crippen molar-refractivity contribution in [1.29, 1.82) is 0 Å². The van der Waals surface area contributed by atoms with Crippen molar-refractivity contribution >= 4 is 33.7 Å². The Bertz CT molecular complexity index is 1100. The topological polar surface area (TPSA) is 102 Å². The molecule has 1 amide bonds. The van der Waals surface area contributed by atoms with Gasteiger partial charge in [0.2, 0.25) is 0 Å². The van der Waals surface area contributed by atoms with Crippen LogP contribution in [0.3, 0.4) is 0 Å². The molecule has 174 valence electrons. The third-order valence-corrected chi connectivity index (χ3v) is 5.73. The Hall–Kier alpha value is -3.85. The number of amides is 1. The molecule has 0 bridgehead atoms. The van der Waals surface area contributed by atoms with Gasteiger partial charge in [0, 0.05) is 24.9 Å². The molecule has 0 aromatic heterocycles. The Morgan fingerprint density at radius 2 is 1.61 bits per heavy atom. The maximum absolute atomic E-state index is 12.5. The summed E-state index contributed by atoms with van der Waals surface area (Å²) in [6.07, 6.45) is 5.77. The zero-order valence-electron chi connectivity index (χ0n) is 18.3. The molecule has 0 unspecified atom stereocenters. The molecule has 0 fully saturated rings. The van der Waals surface area contributed by atoms with Crippen LogP contribution in [0.4, 0.5) is 5.69 Å². The number of anilines is 1. The summed E-state index contributed by atoms with van der Waals surface area (Å²) in [5.74, 6) is -0.448. The average Bonchev–Trinajstić information content (AvgIpc) is 2.81. The van der Waals surface area contributed by atoms with Crippen molar-refractivity contribution in [2.45, 2.75) is 4.90 Å². The predicted octanol–water partition coefficient (Wildman–Crippen LogP) is 3.25. The quantitative estimate of drug-likeness (QED) is 0.290. The minimum absolute atomic E-state index is 0.0631. The summed E-state index contributed by atoms with van der Waals surface area (Å²) < 4.78 is 37.6. The van der Waals surface area contributed by atoms with Crippen molar-refractivity contribution in [2.24, 2.45) is 0 Å². The van der Waals surface area contributed by atoms with Gasteiger partial charge < -0.3 is 14.4 Å². The number of nitrogens with zero attached hydrogens (tertiary/aromatic N) is 1. The van der Waals surface area contributed by atoms with Gasteiger partial charge in [-0.3, -0.25) is 9.52 Å². The first-order valence-corrected chi connectivity index (χ1v) is 11.4. The summed E-state index contributed by atoms with van der Waals surface area (Å²) in [7, 11) is -2.26. The number of benzene rings is 2. The lowest BCUT2D eigenvalue weighted by Crippen LogP contribution is -2.34. The second kappa shape index (κ2) is 12.3. The molecule has 0 aliphatic rings. The van der Waals surface area contributed by atoms with Crippen LogP contribution in [0.5, 0.6) is 5.75 Å². The van der Waals surface area contributed by atoms with Crippen LogP contribution in [0.2, 0.25) is 0 Å². The molecule has 8 nitrogen and oxygen atoms in total. The maximum Gasteiger partial charge on any atom is 0.331 e. The van der Waals surface area contributed by atoms with Crippen molar-refractivity contribution in [3.63, 3.8) is 0 Å². The maximum atomic E-state index is 12.5. The molecule has 0 aliphatic carbocycles. The van der Waals surface area contributed by atoms with E-state index in [1.807, 2.05) is 0 Å². The number of esters is 1. The lowest BCUT2D eigenvalue weighted by atomic mass is 10.2. The zero-order valence-corrected chi connectivity index (χ0v) is 19.1. The highest BCUT2D eigenvalue weighted by atomic mass is 32.2. The average molecular weight is 471 g/mol. The van der Waals surface area contributed by atoms with E-state index in [0.717, 1.165) is 6.08 Å². The van der Waals surface area contributed by atoms with E-state index in [0.29, 0.717) is 30.1 Å². The third-order valence-electron chi connectivity index (χ3n) is 4.33. The summed E-state index contributed by atoms with van der Waals surface area (Å²) in [5.41, 5.74) is 0.985. The van der Waals surface area contributed by atoms with Crippen LogP contribution in [-0.4, -0.2) is 52.0 Å². The normalized spacial score (nSPS) is 10.9. The van der Waals surface area contributed by atoms with Crippen molar-refractivity contribution in [3.8, 4) is 5.75 Å². The van der Waals surface area contributed by atoms with Gasteiger partial charge in [-0.05, 0) is 48.0 Å². The number of carbonyl (C=O) groups excluding carboxylic acids is 2. The first kappa shape index (κ1) is 25.4. The van der Waals surface area contributed by atoms with Crippen LogP contribution >= 0.6 is 0 Å². The van der Waals surface area contributed by atoms with Crippen molar-refractivity contribution in [2.75, 3.05) is 31.5 Å². The molecule has 2 aromatic rings. The van der Waals surface area contributed by atoms with Crippen LogP contribution in [0, 0.1) is 0 Å². The van der Waals surface area contributed by atoms with Crippen LogP contribution in [0.15, 0.2) is 84.8 Å². The predicted molar refractivity (Wildman–Crippen MR) is 127 cm³/mol. The molecule has 2 aromatic carbocycles. The van der Waals surface area contributed by atoms with E-state index in [4.69, 9.17) is 9.47 Å². The summed E-state index contributed by atoms with van der Waals surface area (Å²) in [6, 6.07) is 12.4. The number of hydrogen-bond donors (Lipinski definition) is 1. The molecule has 0 atom stereocenters. The molecule has 0 heterocycles. The molecule has 0 saturated heterocycles. The van der Waals surface area contributed by atoms with Gasteiger partial charge in [-0.15, -0.1) is 13.2 Å². The molecule has 1 N–H and O–H groups in total. The van der Waals surface area contributed by atoms with E-state index in [-0.39, 0.29) is 10.8 Å². The number of hydrogen-bond acceptors (Lipinski definition) is 6. The Morgan fingerprint density at radius 1 is 1.00 bits per heavy atom. The van der Waals surface area contributed by atoms with Crippen molar-refractivity contribution in [3.05, 3.63) is 85.5 Å². The highest BCUT2D eigenvalue weighted by Gasteiger charge is 2.14. The zero-order chi connectivity index (χ0) is 24.3. The second-order valence-electron chi connectivity index (χ2n) is 6.72. The van der Waals surface area contributed by atoms with Gasteiger partial charge in [0.05, 0.1) is 12.0 Å². The standard InChI is InChI=1S/C24H26N2O6S/c1-4-16-26(17-5-2)23(27)18-32-24(28)15-8-19-6-13-22(14-7-19)33(29,30)25-20-9-11-21(31-3)12-10-20/h4-15,25H,1-2,16-18H2,3H3/b15-8+. The molecule has 9 heteroatoms. The molecule has 0 saturated carbocycles. The highest BCUT2D eigenvalue weighted by molar-refractivity contribution is 7.92. The summed E-state index contributed by atoms with van der Waals surface area (Å²) in [6.45, 7) is 7.39. The van der Waals surface area contributed by atoms with Crippen molar-refractivity contribution < 1.29 is 27.5 Å². The van der Waals surface area contributed by atoms with Gasteiger partial charge in [0.15, 0.2) is 6.61 Å². The minimum atomic E-state index is -3.78. The molecular weight excluding hydrogens is 444 g/mol. The molecule has 33 heavy (non-hydrogen) atoms. The Kier molecular flexibility index (Phi) is 9.44. The van der Waals surface area contributed by atoms with E-state index in [1.54, 1.807) is 48.6 Å². The lowest BCUT2D eigenvalue weighted by molar-refractivity contribution is -0.147. The molecular formula is C24H26N2O6S. The molecule has 0 spiro atoms. The van der Waals surface area contributed by atoms with E-state index in [9.17, 15) is 18.0 Å². The first-order valence-electron chi connectivity index (χ1n) is 9.90. The number of carbonyl (C=O) groups is 2. The van der Waals surface area contributed by atoms with Gasteiger partial charge in [-0.2, -0.15) is 0 Å². The fourth-order valence-electron chi connectivity index (χ4n) is 2.66. The fourth-order valence-corrected chi connectivity index (χ4v) is 3.72. The van der Waals surface area contributed by atoms with Crippen LogP contribution < -0.4 is 9.46 Å². The summed E-state index contributed by atoms with van der Waals surface area (Å²) in [5, 5.41) is 0. The second-order valence-corrected chi connectivity index (χ2v) is 8.40. The Balaban J connectivity index is 1.94. The largest absolute Gasteiger partial charge is 0.497 e. The number of sulfonamides is 1. The number of nitrogens with one attached hydrogen (secondary N) is 1. The summed E-state index contributed by atoms with van der Waals surface area (Å²) >= 11 is 0. The third kappa shape index (κ3) is 7.97. The van der Waals surface area contributed by atoms with Crippen LogP contribution in [0.25, 0.3) is 6.08 Å². The number of methoxy groups -OCH3 is 1. The Morgan fingerprint density at radius 3 is 2.15 bits per heavy atom.